The first-order chi connectivity index (χ1) is 8.56. The number of aliphatic hydroxyl groups is 1. The van der Waals surface area contributed by atoms with Gasteiger partial charge >= 0.3 is 0 Å². The Bertz CT molecular complexity index is 365. The Morgan fingerprint density at radius 3 is 2.50 bits per heavy atom. The second kappa shape index (κ2) is 7.11. The fourth-order valence-corrected chi connectivity index (χ4v) is 1.81. The molecule has 0 aliphatic carbocycles. The van der Waals surface area contributed by atoms with Gasteiger partial charge in [0, 0.05) is 26.0 Å². The molecule has 0 bridgehead atoms. The Morgan fingerprint density at radius 2 is 2.00 bits per heavy atom. The van der Waals surface area contributed by atoms with E-state index < -0.39 is 0 Å². The summed E-state index contributed by atoms with van der Waals surface area (Å²) in [6, 6.07) is 3.90. The van der Waals surface area contributed by atoms with Gasteiger partial charge in [-0.3, -0.25) is 9.78 Å². The number of aliphatic hydroxyl groups excluding tert-OH is 1. The molecular formula is C14H22N2O2. The number of pyridine rings is 1. The maximum absolute atomic E-state index is 12.1. The summed E-state index contributed by atoms with van der Waals surface area (Å²) in [6.45, 7) is 4.48. The second-order valence-electron chi connectivity index (χ2n) is 4.90. The van der Waals surface area contributed by atoms with E-state index >= 15 is 0 Å². The van der Waals surface area contributed by atoms with Gasteiger partial charge in [0.05, 0.1) is 12.5 Å². The lowest BCUT2D eigenvalue weighted by atomic mass is 9.95. The summed E-state index contributed by atoms with van der Waals surface area (Å²) in [7, 11) is 1.79. The first-order valence-corrected chi connectivity index (χ1v) is 6.31. The van der Waals surface area contributed by atoms with Crippen LogP contribution in [0.1, 0.15) is 19.4 Å². The fraction of sp³-hybridized carbons (Fsp3) is 0.571. The second-order valence-corrected chi connectivity index (χ2v) is 4.90. The molecule has 1 amide bonds. The number of likely N-dealkylation sites (N-methyl/N-ethyl adjacent to an activating group) is 1. The topological polar surface area (TPSA) is 53.4 Å². The van der Waals surface area contributed by atoms with Crippen molar-refractivity contribution in [3.05, 3.63) is 30.1 Å². The zero-order valence-corrected chi connectivity index (χ0v) is 11.3. The molecule has 0 aliphatic heterocycles. The normalized spacial score (nSPS) is 12.5. The molecule has 0 saturated heterocycles. The highest BCUT2D eigenvalue weighted by Gasteiger charge is 2.24. The van der Waals surface area contributed by atoms with Crippen molar-refractivity contribution in [2.45, 2.75) is 20.3 Å². The lowest BCUT2D eigenvalue weighted by Gasteiger charge is -2.24. The molecule has 1 unspecified atom stereocenters. The highest BCUT2D eigenvalue weighted by molar-refractivity contribution is 5.78. The van der Waals surface area contributed by atoms with Crippen LogP contribution >= 0.6 is 0 Å². The number of carbonyl (C=O) groups excluding carboxylic acids is 1. The van der Waals surface area contributed by atoms with Crippen LogP contribution in [0.3, 0.4) is 0 Å². The van der Waals surface area contributed by atoms with E-state index in [2.05, 4.69) is 4.98 Å². The van der Waals surface area contributed by atoms with Crippen LogP contribution in [0.25, 0.3) is 0 Å². The third-order valence-corrected chi connectivity index (χ3v) is 3.18. The molecule has 4 heteroatoms. The lowest BCUT2D eigenvalue weighted by molar-refractivity contribution is -0.137. The minimum Gasteiger partial charge on any atom is -0.396 e. The number of amides is 1. The van der Waals surface area contributed by atoms with Gasteiger partial charge in [-0.1, -0.05) is 13.8 Å². The summed E-state index contributed by atoms with van der Waals surface area (Å²) < 4.78 is 0. The first kappa shape index (κ1) is 14.6. The standard InChI is InChI=1S/C14H22N2O2/c1-11(2)13(10-17)14(18)16(3)9-6-12-4-7-15-8-5-12/h4-5,7-8,11,13,17H,6,9-10H2,1-3H3. The van der Waals surface area contributed by atoms with Crippen LogP contribution in [0, 0.1) is 11.8 Å². The highest BCUT2D eigenvalue weighted by atomic mass is 16.3. The molecule has 1 heterocycles. The van der Waals surface area contributed by atoms with Crippen LogP contribution in [0.2, 0.25) is 0 Å². The Labute approximate surface area is 109 Å². The zero-order chi connectivity index (χ0) is 13.5. The van der Waals surface area contributed by atoms with E-state index in [1.54, 1.807) is 24.3 Å². The molecule has 1 N–H and O–H groups in total. The summed E-state index contributed by atoms with van der Waals surface area (Å²) in [4.78, 5) is 17.7. The molecule has 0 fully saturated rings. The van der Waals surface area contributed by atoms with Crippen LogP contribution in [0.15, 0.2) is 24.5 Å². The molecule has 18 heavy (non-hydrogen) atoms. The molecule has 4 nitrogen and oxygen atoms in total. The number of carbonyl (C=O) groups is 1. The minimum atomic E-state index is -0.299. The Balaban J connectivity index is 2.50. The van der Waals surface area contributed by atoms with E-state index in [1.165, 1.54) is 0 Å². The minimum absolute atomic E-state index is 0.0153. The summed E-state index contributed by atoms with van der Waals surface area (Å²) in [5, 5.41) is 9.25. The third-order valence-electron chi connectivity index (χ3n) is 3.18. The summed E-state index contributed by atoms with van der Waals surface area (Å²) in [5.74, 6) is -0.125. The van der Waals surface area contributed by atoms with Crippen molar-refractivity contribution >= 4 is 5.91 Å². The average Bonchev–Trinajstić information content (AvgIpc) is 2.37. The van der Waals surface area contributed by atoms with Gasteiger partial charge in [0.15, 0.2) is 0 Å². The first-order valence-electron chi connectivity index (χ1n) is 6.31. The number of nitrogens with zero attached hydrogens (tertiary/aromatic N) is 2. The zero-order valence-electron chi connectivity index (χ0n) is 11.3. The third kappa shape index (κ3) is 4.11. The van der Waals surface area contributed by atoms with E-state index in [0.717, 1.165) is 12.0 Å². The molecular weight excluding hydrogens is 228 g/mol. The van der Waals surface area contributed by atoms with Gasteiger partial charge in [0.1, 0.15) is 0 Å². The molecule has 1 aromatic rings. The summed E-state index contributed by atoms with van der Waals surface area (Å²) >= 11 is 0. The molecule has 0 aliphatic rings. The van der Waals surface area contributed by atoms with Crippen LogP contribution in [0.4, 0.5) is 0 Å². The Hall–Kier alpha value is -1.42. The van der Waals surface area contributed by atoms with Crippen molar-refractivity contribution in [2.75, 3.05) is 20.2 Å². The SMILES string of the molecule is CC(C)C(CO)C(=O)N(C)CCc1ccncc1. The van der Waals surface area contributed by atoms with Crippen LogP contribution in [-0.4, -0.2) is 41.1 Å². The lowest BCUT2D eigenvalue weighted by Crippen LogP contribution is -2.38. The smallest absolute Gasteiger partial charge is 0.228 e. The molecule has 1 atom stereocenters. The van der Waals surface area contributed by atoms with E-state index in [0.29, 0.717) is 6.54 Å². The van der Waals surface area contributed by atoms with E-state index in [9.17, 15) is 9.90 Å². The number of hydrogen-bond donors (Lipinski definition) is 1. The highest BCUT2D eigenvalue weighted by Crippen LogP contribution is 2.13. The number of aromatic nitrogens is 1. The predicted octanol–water partition coefficient (Wildman–Crippen LogP) is 1.35. The molecule has 0 spiro atoms. The molecule has 1 aromatic heterocycles. The average molecular weight is 250 g/mol. The molecule has 1 rings (SSSR count). The van der Waals surface area contributed by atoms with Crippen molar-refractivity contribution in [1.82, 2.24) is 9.88 Å². The van der Waals surface area contributed by atoms with Crippen molar-refractivity contribution in [3.8, 4) is 0 Å². The summed E-state index contributed by atoms with van der Waals surface area (Å²) in [5.41, 5.74) is 1.16. The van der Waals surface area contributed by atoms with Gasteiger partial charge in [-0.05, 0) is 30.0 Å². The van der Waals surface area contributed by atoms with Gasteiger partial charge in [0.2, 0.25) is 5.91 Å². The van der Waals surface area contributed by atoms with Crippen LogP contribution in [-0.2, 0) is 11.2 Å². The molecule has 0 radical (unpaired) electrons. The van der Waals surface area contributed by atoms with Gasteiger partial charge in [-0.25, -0.2) is 0 Å². The van der Waals surface area contributed by atoms with E-state index in [-0.39, 0.29) is 24.3 Å². The predicted molar refractivity (Wildman–Crippen MR) is 71.0 cm³/mol. The van der Waals surface area contributed by atoms with Gasteiger partial charge in [0.25, 0.3) is 0 Å². The van der Waals surface area contributed by atoms with Crippen LogP contribution < -0.4 is 0 Å². The summed E-state index contributed by atoms with van der Waals surface area (Å²) in [6.07, 6.45) is 4.31. The van der Waals surface area contributed by atoms with Crippen molar-refractivity contribution in [2.24, 2.45) is 11.8 Å². The van der Waals surface area contributed by atoms with Gasteiger partial charge < -0.3 is 10.0 Å². The molecule has 0 saturated carbocycles. The monoisotopic (exact) mass is 250 g/mol. The molecule has 0 aromatic carbocycles. The van der Waals surface area contributed by atoms with Crippen molar-refractivity contribution < 1.29 is 9.90 Å². The molecule has 100 valence electrons. The number of rotatable bonds is 6. The Morgan fingerprint density at radius 1 is 1.39 bits per heavy atom. The van der Waals surface area contributed by atoms with Crippen molar-refractivity contribution in [3.63, 3.8) is 0 Å². The van der Waals surface area contributed by atoms with E-state index in [1.807, 2.05) is 26.0 Å². The maximum Gasteiger partial charge on any atom is 0.228 e. The van der Waals surface area contributed by atoms with Gasteiger partial charge in [-0.2, -0.15) is 0 Å². The van der Waals surface area contributed by atoms with Gasteiger partial charge in [-0.15, -0.1) is 0 Å². The quantitative estimate of drug-likeness (QED) is 0.829. The fourth-order valence-electron chi connectivity index (χ4n) is 1.81. The number of hydrogen-bond acceptors (Lipinski definition) is 3. The van der Waals surface area contributed by atoms with Crippen LogP contribution in [0.5, 0.6) is 0 Å². The van der Waals surface area contributed by atoms with E-state index in [4.69, 9.17) is 0 Å². The Kier molecular flexibility index (Phi) is 5.78. The largest absolute Gasteiger partial charge is 0.396 e. The maximum atomic E-state index is 12.1. The van der Waals surface area contributed by atoms with Crippen molar-refractivity contribution in [1.29, 1.82) is 0 Å².